The highest BCUT2D eigenvalue weighted by Crippen LogP contribution is 2.32. The number of nitrogens with zero attached hydrogens (tertiary/aromatic N) is 2. The van der Waals surface area contributed by atoms with Crippen molar-refractivity contribution < 1.29 is 14.3 Å². The number of rotatable bonds is 8. The number of nitrogens with one attached hydrogen (secondary N) is 1. The molecule has 0 unspecified atom stereocenters. The number of hydrogen-bond donors (Lipinski definition) is 1. The molecule has 1 N–H and O–H groups in total. The molecule has 0 saturated heterocycles. The van der Waals surface area contributed by atoms with Crippen molar-refractivity contribution in [2.75, 3.05) is 11.9 Å². The van der Waals surface area contributed by atoms with Gasteiger partial charge in [-0.15, -0.1) is 0 Å². The Balaban J connectivity index is 1.62. The van der Waals surface area contributed by atoms with Gasteiger partial charge < -0.3 is 14.8 Å². The van der Waals surface area contributed by atoms with Crippen LogP contribution in [0, 0.1) is 0 Å². The first-order chi connectivity index (χ1) is 19.7. The standard InChI is InChI=1S/C32H30BrN3O4S/c1-5-39-24-14-12-22(13-15-24)29-28(30(37)35-23-9-7-6-8-10-23)20(4)34-32-36(29)31(38)27(41-32)18-21-11-16-26(25(33)17-21)40-19(2)3/h6-19,29H,5H2,1-4H3,(H,35,37)/b27-18-/t29-/m1/s1. The predicted molar refractivity (Wildman–Crippen MR) is 166 cm³/mol. The van der Waals surface area contributed by atoms with Crippen LogP contribution < -0.4 is 29.7 Å². The van der Waals surface area contributed by atoms with Gasteiger partial charge >= 0.3 is 0 Å². The van der Waals surface area contributed by atoms with Crippen molar-refractivity contribution in [2.24, 2.45) is 4.99 Å². The van der Waals surface area contributed by atoms with Crippen LogP contribution in [0.25, 0.3) is 6.08 Å². The van der Waals surface area contributed by atoms with Crippen molar-refractivity contribution >= 4 is 44.9 Å². The third kappa shape index (κ3) is 6.21. The molecule has 0 spiro atoms. The first kappa shape index (κ1) is 28.6. The minimum Gasteiger partial charge on any atom is -0.494 e. The summed E-state index contributed by atoms with van der Waals surface area (Å²) >= 11 is 4.88. The van der Waals surface area contributed by atoms with Crippen LogP contribution in [0.4, 0.5) is 5.69 Å². The molecule has 0 bridgehead atoms. The lowest BCUT2D eigenvalue weighted by atomic mass is 9.95. The highest BCUT2D eigenvalue weighted by atomic mass is 79.9. The van der Waals surface area contributed by atoms with Crippen molar-refractivity contribution in [3.8, 4) is 11.5 Å². The van der Waals surface area contributed by atoms with Crippen LogP contribution in [-0.2, 0) is 4.79 Å². The fourth-order valence-electron chi connectivity index (χ4n) is 4.67. The van der Waals surface area contributed by atoms with Gasteiger partial charge in [0.15, 0.2) is 4.80 Å². The van der Waals surface area contributed by atoms with Crippen LogP contribution in [0.15, 0.2) is 98.3 Å². The van der Waals surface area contributed by atoms with E-state index in [1.54, 1.807) is 4.57 Å². The molecule has 1 amide bonds. The second kappa shape index (κ2) is 12.3. The van der Waals surface area contributed by atoms with Crippen molar-refractivity contribution in [2.45, 2.75) is 39.8 Å². The molecule has 1 aliphatic heterocycles. The van der Waals surface area contributed by atoms with E-state index in [0.29, 0.717) is 32.9 Å². The number of allylic oxidation sites excluding steroid dienone is 1. The maximum absolute atomic E-state index is 14.0. The Morgan fingerprint density at radius 2 is 1.85 bits per heavy atom. The van der Waals surface area contributed by atoms with E-state index in [4.69, 9.17) is 14.5 Å². The number of thiazole rings is 1. The second-order valence-electron chi connectivity index (χ2n) is 9.76. The predicted octanol–water partition coefficient (Wildman–Crippen LogP) is 5.82. The van der Waals surface area contributed by atoms with Crippen LogP contribution in [0.5, 0.6) is 11.5 Å². The molecule has 3 aromatic carbocycles. The molecule has 41 heavy (non-hydrogen) atoms. The number of hydrogen-bond acceptors (Lipinski definition) is 6. The Morgan fingerprint density at radius 3 is 2.51 bits per heavy atom. The Hall–Kier alpha value is -3.95. The summed E-state index contributed by atoms with van der Waals surface area (Å²) in [5, 5.41) is 2.98. The third-order valence-electron chi connectivity index (χ3n) is 6.42. The molecule has 1 aromatic heterocycles. The molecule has 210 valence electrons. The number of carbonyl (C=O) groups is 1. The Morgan fingerprint density at radius 1 is 1.12 bits per heavy atom. The summed E-state index contributed by atoms with van der Waals surface area (Å²) < 4.78 is 14.4. The monoisotopic (exact) mass is 631 g/mol. The zero-order valence-electron chi connectivity index (χ0n) is 23.2. The highest BCUT2D eigenvalue weighted by Gasteiger charge is 2.32. The number of fused-ring (bicyclic) bond motifs is 1. The van der Waals surface area contributed by atoms with Gasteiger partial charge in [-0.3, -0.25) is 14.2 Å². The average molecular weight is 633 g/mol. The normalized spacial score (nSPS) is 15.0. The van der Waals surface area contributed by atoms with E-state index in [1.165, 1.54) is 11.3 Å². The SMILES string of the molecule is CCOc1ccc([C@@H]2C(C(=O)Nc3ccccc3)=C(C)N=c3s/c(=C\c4ccc(OC(C)C)c(Br)c4)c(=O)n32)cc1. The maximum Gasteiger partial charge on any atom is 0.271 e. The Bertz CT molecular complexity index is 1790. The first-order valence-electron chi connectivity index (χ1n) is 13.3. The summed E-state index contributed by atoms with van der Waals surface area (Å²) in [4.78, 5) is 32.9. The van der Waals surface area contributed by atoms with E-state index in [9.17, 15) is 9.59 Å². The molecule has 0 aliphatic carbocycles. The molecular formula is C32H30BrN3O4S. The number of anilines is 1. The fraction of sp³-hybridized carbons (Fsp3) is 0.219. The summed E-state index contributed by atoms with van der Waals surface area (Å²) in [7, 11) is 0. The lowest BCUT2D eigenvalue weighted by Crippen LogP contribution is -2.40. The van der Waals surface area contributed by atoms with Gasteiger partial charge in [0.05, 0.1) is 39.0 Å². The van der Waals surface area contributed by atoms with E-state index >= 15 is 0 Å². The molecule has 5 rings (SSSR count). The smallest absolute Gasteiger partial charge is 0.271 e. The van der Waals surface area contributed by atoms with E-state index in [2.05, 4.69) is 21.2 Å². The quantitative estimate of drug-likeness (QED) is 0.266. The third-order valence-corrected chi connectivity index (χ3v) is 8.02. The van der Waals surface area contributed by atoms with Crippen LogP contribution >= 0.6 is 27.3 Å². The van der Waals surface area contributed by atoms with Gasteiger partial charge in [0, 0.05) is 5.69 Å². The summed E-state index contributed by atoms with van der Waals surface area (Å²) in [5.74, 6) is 1.14. The molecule has 4 aromatic rings. The fourth-order valence-corrected chi connectivity index (χ4v) is 6.20. The van der Waals surface area contributed by atoms with Gasteiger partial charge in [-0.2, -0.15) is 0 Å². The maximum atomic E-state index is 14.0. The van der Waals surface area contributed by atoms with Gasteiger partial charge in [-0.1, -0.05) is 47.7 Å². The van der Waals surface area contributed by atoms with Gasteiger partial charge in [-0.25, -0.2) is 4.99 Å². The molecule has 0 saturated carbocycles. The average Bonchev–Trinajstić information content (AvgIpc) is 3.24. The second-order valence-corrected chi connectivity index (χ2v) is 11.6. The summed E-state index contributed by atoms with van der Waals surface area (Å²) in [6.07, 6.45) is 1.88. The first-order valence-corrected chi connectivity index (χ1v) is 14.9. The summed E-state index contributed by atoms with van der Waals surface area (Å²) in [6, 6.07) is 21.8. The van der Waals surface area contributed by atoms with Crippen LogP contribution in [0.3, 0.4) is 0 Å². The topological polar surface area (TPSA) is 81.9 Å². The van der Waals surface area contributed by atoms with Crippen molar-refractivity contribution in [1.29, 1.82) is 0 Å². The van der Waals surface area contributed by atoms with Crippen molar-refractivity contribution in [3.05, 3.63) is 119 Å². The summed E-state index contributed by atoms with van der Waals surface area (Å²) in [6.45, 7) is 8.21. The van der Waals surface area contributed by atoms with E-state index in [-0.39, 0.29) is 17.6 Å². The Kier molecular flexibility index (Phi) is 8.56. The van der Waals surface area contributed by atoms with Crippen LogP contribution in [-0.4, -0.2) is 23.2 Å². The molecule has 0 radical (unpaired) electrons. The van der Waals surface area contributed by atoms with E-state index in [0.717, 1.165) is 27.1 Å². The highest BCUT2D eigenvalue weighted by molar-refractivity contribution is 9.10. The number of halogens is 1. The lowest BCUT2D eigenvalue weighted by molar-refractivity contribution is -0.113. The lowest BCUT2D eigenvalue weighted by Gasteiger charge is -2.25. The van der Waals surface area contributed by atoms with E-state index in [1.807, 2.05) is 107 Å². The number of carbonyl (C=O) groups excluding carboxylic acids is 1. The molecule has 9 heteroatoms. The van der Waals surface area contributed by atoms with Gasteiger partial charge in [-0.05, 0) is 97.2 Å². The van der Waals surface area contributed by atoms with Gasteiger partial charge in [0.25, 0.3) is 11.5 Å². The molecule has 0 fully saturated rings. The molecule has 1 atom stereocenters. The van der Waals surface area contributed by atoms with Crippen molar-refractivity contribution in [1.82, 2.24) is 4.57 Å². The van der Waals surface area contributed by atoms with E-state index < -0.39 is 6.04 Å². The number of amides is 1. The summed E-state index contributed by atoms with van der Waals surface area (Å²) in [5.41, 5.74) is 3.04. The zero-order valence-corrected chi connectivity index (χ0v) is 25.6. The number of aromatic nitrogens is 1. The van der Waals surface area contributed by atoms with Crippen LogP contribution in [0.1, 0.15) is 44.9 Å². The van der Waals surface area contributed by atoms with Gasteiger partial charge in [0.2, 0.25) is 0 Å². The molecule has 7 nitrogen and oxygen atoms in total. The van der Waals surface area contributed by atoms with Crippen LogP contribution in [0.2, 0.25) is 0 Å². The number of ether oxygens (including phenoxy) is 2. The minimum atomic E-state index is -0.665. The number of para-hydroxylation sites is 1. The minimum absolute atomic E-state index is 0.0416. The zero-order chi connectivity index (χ0) is 29.1. The molecule has 1 aliphatic rings. The molecule has 2 heterocycles. The largest absolute Gasteiger partial charge is 0.494 e. The molecular weight excluding hydrogens is 602 g/mol. The Labute approximate surface area is 250 Å². The van der Waals surface area contributed by atoms with Gasteiger partial charge in [0.1, 0.15) is 11.5 Å². The number of benzene rings is 3. The van der Waals surface area contributed by atoms with Crippen molar-refractivity contribution in [3.63, 3.8) is 0 Å².